The van der Waals surface area contributed by atoms with Gasteiger partial charge in [-0.1, -0.05) is 94.4 Å². The van der Waals surface area contributed by atoms with Gasteiger partial charge in [-0.25, -0.2) is 0 Å². The third kappa shape index (κ3) is 5.29. The fraction of sp³-hybridized carbons (Fsp3) is 0.158. The van der Waals surface area contributed by atoms with Crippen molar-refractivity contribution in [3.05, 3.63) is 151 Å². The summed E-state index contributed by atoms with van der Waals surface area (Å²) in [5.74, 6) is 0. The van der Waals surface area contributed by atoms with Gasteiger partial charge in [0, 0.05) is 37.3 Å². The van der Waals surface area contributed by atoms with Gasteiger partial charge in [0.05, 0.1) is 11.9 Å². The number of para-hydroxylation sites is 1. The number of pyridine rings is 1. The molecule has 3 nitrogen and oxygen atoms in total. The second-order valence-electron chi connectivity index (χ2n) is 11.4. The van der Waals surface area contributed by atoms with Gasteiger partial charge in [0.2, 0.25) is 0 Å². The van der Waals surface area contributed by atoms with Crippen molar-refractivity contribution in [2.24, 2.45) is 0 Å². The van der Waals surface area contributed by atoms with Crippen molar-refractivity contribution in [1.82, 2.24) is 14.8 Å². The Bertz CT molecular complexity index is 1720. The minimum absolute atomic E-state index is 0. The molecule has 6 aromatic rings. The molecule has 4 heteroatoms. The van der Waals surface area contributed by atoms with E-state index in [-0.39, 0.29) is 30.9 Å². The molecule has 0 spiro atoms. The van der Waals surface area contributed by atoms with E-state index >= 15 is 0 Å². The van der Waals surface area contributed by atoms with Gasteiger partial charge in [-0.05, 0) is 39.6 Å². The molecule has 3 heterocycles. The van der Waals surface area contributed by atoms with E-state index < -0.39 is 0 Å². The van der Waals surface area contributed by atoms with Crippen molar-refractivity contribution >= 4 is 0 Å². The molecule has 0 saturated carbocycles. The first-order chi connectivity index (χ1) is 19.9. The average Bonchev–Trinajstić information content (AvgIpc) is 3.49. The van der Waals surface area contributed by atoms with E-state index in [1.54, 1.807) is 6.20 Å². The molecular formula is C38H33IrN3-2. The third-order valence-corrected chi connectivity index (χ3v) is 8.60. The number of nitrogens with zero attached hydrogens (tertiary/aromatic N) is 3. The van der Waals surface area contributed by atoms with Crippen molar-refractivity contribution in [2.45, 2.75) is 38.5 Å². The van der Waals surface area contributed by atoms with Gasteiger partial charge >= 0.3 is 0 Å². The smallest absolute Gasteiger partial charge is 0.0575 e. The molecule has 0 fully saturated rings. The standard InChI is InChI=1S/C27H25N2.C11H8N.Ir/c1-26(2)23-12-8-9-13-24(23)29-25(27(26,3)4)22(18-28-29)21-16-14-20(15-17-21)19-10-6-5-7-11-19;1-2-6-10(7-3-1)11-8-4-5-9-12-11;/h5-12,14-18H,1-4H3;1-6,8-9H;/q2*-1;. The number of hydrogen-bond donors (Lipinski definition) is 0. The largest absolute Gasteiger partial charge is 0.305 e. The molecule has 0 amide bonds. The summed E-state index contributed by atoms with van der Waals surface area (Å²) < 4.78 is 2.10. The minimum Gasteiger partial charge on any atom is -0.305 e. The van der Waals surface area contributed by atoms with Crippen LogP contribution in [0.3, 0.4) is 0 Å². The summed E-state index contributed by atoms with van der Waals surface area (Å²) in [6.07, 6.45) is 3.80. The van der Waals surface area contributed by atoms with Gasteiger partial charge in [-0.15, -0.1) is 41.5 Å². The van der Waals surface area contributed by atoms with E-state index in [4.69, 9.17) is 5.10 Å². The number of fused-ring (bicyclic) bond motifs is 3. The fourth-order valence-corrected chi connectivity index (χ4v) is 5.62. The summed E-state index contributed by atoms with van der Waals surface area (Å²) in [5.41, 5.74) is 10.4. The summed E-state index contributed by atoms with van der Waals surface area (Å²) in [7, 11) is 0. The molecule has 0 unspecified atom stereocenters. The van der Waals surface area contributed by atoms with E-state index in [1.165, 1.54) is 33.5 Å². The Labute approximate surface area is 262 Å². The maximum Gasteiger partial charge on any atom is 0.0575 e. The van der Waals surface area contributed by atoms with Gasteiger partial charge in [-0.2, -0.15) is 29.4 Å². The van der Waals surface area contributed by atoms with Gasteiger partial charge in [-0.3, -0.25) is 4.68 Å². The molecule has 1 aliphatic heterocycles. The number of aromatic nitrogens is 3. The van der Waals surface area contributed by atoms with Gasteiger partial charge in [0.15, 0.2) is 0 Å². The zero-order valence-electron chi connectivity index (χ0n) is 24.3. The first-order valence-corrected chi connectivity index (χ1v) is 14.0. The van der Waals surface area contributed by atoms with Crippen molar-refractivity contribution < 1.29 is 20.1 Å². The quantitative estimate of drug-likeness (QED) is 0.171. The Hall–Kier alpha value is -4.11. The Morgan fingerprint density at radius 3 is 1.98 bits per heavy atom. The van der Waals surface area contributed by atoms with Gasteiger partial charge < -0.3 is 4.98 Å². The summed E-state index contributed by atoms with van der Waals surface area (Å²) in [5, 5.41) is 4.80. The number of rotatable bonds is 3. The third-order valence-electron chi connectivity index (χ3n) is 8.60. The van der Waals surface area contributed by atoms with Crippen molar-refractivity contribution in [3.63, 3.8) is 0 Å². The molecule has 0 saturated heterocycles. The second kappa shape index (κ2) is 12.0. The van der Waals surface area contributed by atoms with Gasteiger partial charge in [0.1, 0.15) is 0 Å². The minimum atomic E-state index is -0.0842. The molecule has 4 aromatic carbocycles. The Morgan fingerprint density at radius 1 is 0.619 bits per heavy atom. The van der Waals surface area contributed by atoms with Crippen LogP contribution in [-0.4, -0.2) is 14.8 Å². The first-order valence-electron chi connectivity index (χ1n) is 14.0. The van der Waals surface area contributed by atoms with Crippen molar-refractivity contribution in [1.29, 1.82) is 0 Å². The Morgan fingerprint density at radius 2 is 1.29 bits per heavy atom. The number of benzene rings is 4. The zero-order valence-corrected chi connectivity index (χ0v) is 26.7. The monoisotopic (exact) mass is 724 g/mol. The zero-order chi connectivity index (χ0) is 28.5. The van der Waals surface area contributed by atoms with Crippen LogP contribution in [0.5, 0.6) is 0 Å². The summed E-state index contributed by atoms with van der Waals surface area (Å²) in [6.45, 7) is 9.33. The molecule has 0 aliphatic carbocycles. The van der Waals surface area contributed by atoms with Crippen LogP contribution in [-0.2, 0) is 30.9 Å². The van der Waals surface area contributed by atoms with Crippen LogP contribution in [0.25, 0.3) is 39.2 Å². The molecular weight excluding hydrogens is 691 g/mol. The van der Waals surface area contributed by atoms with Crippen molar-refractivity contribution in [3.8, 4) is 39.2 Å². The normalized spacial score (nSPS) is 13.9. The molecule has 2 aromatic heterocycles. The molecule has 7 rings (SSSR count). The summed E-state index contributed by atoms with van der Waals surface area (Å²) in [6, 6.07) is 45.9. The molecule has 0 N–H and O–H groups in total. The second-order valence-corrected chi connectivity index (χ2v) is 11.4. The van der Waals surface area contributed by atoms with E-state index in [0.717, 1.165) is 16.9 Å². The summed E-state index contributed by atoms with van der Waals surface area (Å²) in [4.78, 5) is 4.22. The van der Waals surface area contributed by atoms with Crippen molar-refractivity contribution in [2.75, 3.05) is 0 Å². The topological polar surface area (TPSA) is 30.7 Å². The molecule has 1 radical (unpaired) electrons. The SMILES string of the molecule is CC1(C)c2ccc[c-]c2-n2ncc(-c3ccc(-c4ccccc4)cc3)c2C1(C)C.[Ir].[c-]1ccccc1-c1ccccn1. The van der Waals surface area contributed by atoms with E-state index in [0.29, 0.717) is 0 Å². The van der Waals surface area contributed by atoms with Crippen LogP contribution in [0.1, 0.15) is 39.0 Å². The maximum absolute atomic E-state index is 4.80. The molecule has 1 aliphatic rings. The van der Waals surface area contributed by atoms with Crippen LogP contribution >= 0.6 is 0 Å². The molecule has 42 heavy (non-hydrogen) atoms. The molecule has 0 bridgehead atoms. The predicted molar refractivity (Wildman–Crippen MR) is 168 cm³/mol. The Balaban J connectivity index is 0.000000228. The fourth-order valence-electron chi connectivity index (χ4n) is 5.62. The maximum atomic E-state index is 4.80. The number of hydrogen-bond acceptors (Lipinski definition) is 2. The van der Waals surface area contributed by atoms with E-state index in [9.17, 15) is 0 Å². The predicted octanol–water partition coefficient (Wildman–Crippen LogP) is 9.12. The average molecular weight is 724 g/mol. The Kier molecular flexibility index (Phi) is 8.41. The van der Waals surface area contributed by atoms with Crippen LogP contribution in [0.4, 0.5) is 0 Å². The van der Waals surface area contributed by atoms with Crippen LogP contribution in [0.15, 0.2) is 128 Å². The van der Waals surface area contributed by atoms with E-state index in [2.05, 4.69) is 116 Å². The van der Waals surface area contributed by atoms with E-state index in [1.807, 2.05) is 54.7 Å². The summed E-state index contributed by atoms with van der Waals surface area (Å²) >= 11 is 0. The van der Waals surface area contributed by atoms with Crippen LogP contribution < -0.4 is 0 Å². The van der Waals surface area contributed by atoms with Crippen LogP contribution in [0, 0.1) is 12.1 Å². The molecule has 0 atom stereocenters. The van der Waals surface area contributed by atoms with Gasteiger partial charge in [0.25, 0.3) is 0 Å². The van der Waals surface area contributed by atoms with Crippen LogP contribution in [0.2, 0.25) is 0 Å². The molecule has 211 valence electrons. The first kappa shape index (κ1) is 29.4.